The minimum absolute atomic E-state index is 0.149. The van der Waals surface area contributed by atoms with E-state index in [9.17, 15) is 9.90 Å². The highest BCUT2D eigenvalue weighted by molar-refractivity contribution is 7.71. The van der Waals surface area contributed by atoms with Gasteiger partial charge in [-0.15, -0.1) is 0 Å². The molecule has 0 atom stereocenters. The van der Waals surface area contributed by atoms with Crippen LogP contribution in [-0.2, 0) is 13.1 Å². The molecule has 0 bridgehead atoms. The summed E-state index contributed by atoms with van der Waals surface area (Å²) in [6.07, 6.45) is 3.18. The van der Waals surface area contributed by atoms with Crippen LogP contribution in [0, 0.1) is 4.77 Å². The van der Waals surface area contributed by atoms with Gasteiger partial charge in [-0.05, 0) is 48.3 Å². The predicted octanol–water partition coefficient (Wildman–Crippen LogP) is 3.42. The molecule has 156 valence electrons. The smallest absolute Gasteiger partial charge is 0.270 e. The summed E-state index contributed by atoms with van der Waals surface area (Å²) in [6.45, 7) is 3.20. The first-order chi connectivity index (χ1) is 14.6. The molecule has 1 amide bonds. The zero-order chi connectivity index (χ0) is 20.9. The van der Waals surface area contributed by atoms with Crippen molar-refractivity contribution in [1.82, 2.24) is 19.8 Å². The third kappa shape index (κ3) is 4.87. The van der Waals surface area contributed by atoms with Gasteiger partial charge in [0.05, 0.1) is 6.10 Å². The van der Waals surface area contributed by atoms with Crippen molar-refractivity contribution in [2.45, 2.75) is 32.0 Å². The van der Waals surface area contributed by atoms with Gasteiger partial charge < -0.3 is 15.4 Å². The van der Waals surface area contributed by atoms with Gasteiger partial charge in [0.2, 0.25) is 0 Å². The van der Waals surface area contributed by atoms with Crippen LogP contribution in [0.3, 0.4) is 0 Å². The van der Waals surface area contributed by atoms with Gasteiger partial charge in [-0.3, -0.25) is 14.3 Å². The van der Waals surface area contributed by atoms with Crippen LogP contribution < -0.4 is 5.32 Å². The monoisotopic (exact) mass is 422 g/mol. The fraction of sp³-hybridized carbons (Fsp3) is 0.304. The molecule has 1 aliphatic heterocycles. The maximum atomic E-state index is 12.8. The molecule has 0 radical (unpaired) electrons. The van der Waals surface area contributed by atoms with Gasteiger partial charge >= 0.3 is 0 Å². The highest BCUT2D eigenvalue weighted by atomic mass is 32.1. The number of piperidine rings is 1. The molecule has 3 N–H and O–H groups in total. The van der Waals surface area contributed by atoms with E-state index in [0.29, 0.717) is 17.0 Å². The van der Waals surface area contributed by atoms with Gasteiger partial charge in [-0.2, -0.15) is 0 Å². The number of aromatic amines is 1. The number of nitrogens with one attached hydrogen (secondary N) is 2. The number of aromatic nitrogens is 2. The Morgan fingerprint density at radius 3 is 2.43 bits per heavy atom. The number of rotatable bonds is 6. The lowest BCUT2D eigenvalue weighted by Crippen LogP contribution is -2.35. The highest BCUT2D eigenvalue weighted by Gasteiger charge is 2.17. The zero-order valence-electron chi connectivity index (χ0n) is 16.8. The lowest BCUT2D eigenvalue weighted by atomic mass is 10.1. The van der Waals surface area contributed by atoms with Crippen molar-refractivity contribution in [2.24, 2.45) is 0 Å². The number of para-hydroxylation sites is 1. The molecule has 0 saturated carbocycles. The molecular formula is C23H26N4O2S. The van der Waals surface area contributed by atoms with E-state index in [1.165, 1.54) is 5.56 Å². The van der Waals surface area contributed by atoms with E-state index in [0.717, 1.165) is 43.7 Å². The average molecular weight is 423 g/mol. The summed E-state index contributed by atoms with van der Waals surface area (Å²) in [4.78, 5) is 18.1. The van der Waals surface area contributed by atoms with Gasteiger partial charge in [0.1, 0.15) is 5.69 Å². The van der Waals surface area contributed by atoms with Crippen molar-refractivity contribution in [1.29, 1.82) is 0 Å². The first kappa shape index (κ1) is 20.5. The molecule has 30 heavy (non-hydrogen) atoms. The van der Waals surface area contributed by atoms with Crippen LogP contribution in [-0.4, -0.2) is 44.7 Å². The number of hydrogen-bond acceptors (Lipinski definition) is 4. The summed E-state index contributed by atoms with van der Waals surface area (Å²) in [5.74, 6) is -0.179. The molecule has 0 aliphatic carbocycles. The van der Waals surface area contributed by atoms with Gasteiger partial charge in [-0.25, -0.2) is 0 Å². The second-order valence-electron chi connectivity index (χ2n) is 7.66. The Labute approximate surface area is 181 Å². The third-order valence-corrected chi connectivity index (χ3v) is 5.76. The Kier molecular flexibility index (Phi) is 6.42. The Morgan fingerprint density at radius 2 is 1.73 bits per heavy atom. The SMILES string of the molecule is O=C(NCc1ccc(CN2CCC(O)CC2)cc1)c1c[nH]c(=S)n1-c1ccccc1. The molecule has 1 fully saturated rings. The number of H-pyrrole nitrogens is 1. The van der Waals surface area contributed by atoms with Crippen LogP contribution in [0.2, 0.25) is 0 Å². The lowest BCUT2D eigenvalue weighted by molar-refractivity contribution is 0.0792. The van der Waals surface area contributed by atoms with E-state index in [1.807, 2.05) is 30.3 Å². The van der Waals surface area contributed by atoms with Crippen LogP contribution >= 0.6 is 12.2 Å². The summed E-state index contributed by atoms with van der Waals surface area (Å²) in [6, 6.07) is 17.9. The van der Waals surface area contributed by atoms with Gasteiger partial charge in [0.25, 0.3) is 5.91 Å². The maximum absolute atomic E-state index is 12.8. The van der Waals surface area contributed by atoms with Crippen molar-refractivity contribution in [3.05, 3.63) is 82.4 Å². The van der Waals surface area contributed by atoms with E-state index < -0.39 is 0 Å². The zero-order valence-corrected chi connectivity index (χ0v) is 17.6. The van der Waals surface area contributed by atoms with E-state index in [2.05, 4.69) is 39.5 Å². The highest BCUT2D eigenvalue weighted by Crippen LogP contribution is 2.15. The number of imidazole rings is 1. The fourth-order valence-electron chi connectivity index (χ4n) is 3.74. The van der Waals surface area contributed by atoms with Crippen LogP contribution in [0.4, 0.5) is 0 Å². The van der Waals surface area contributed by atoms with Crippen LogP contribution in [0.1, 0.15) is 34.5 Å². The van der Waals surface area contributed by atoms with E-state index >= 15 is 0 Å². The first-order valence-corrected chi connectivity index (χ1v) is 10.6. The average Bonchev–Trinajstić information content (AvgIpc) is 3.17. The number of aliphatic hydroxyl groups is 1. The minimum Gasteiger partial charge on any atom is -0.393 e. The molecule has 3 aromatic rings. The van der Waals surface area contributed by atoms with Crippen molar-refractivity contribution >= 4 is 18.1 Å². The molecule has 0 unspecified atom stereocenters. The second-order valence-corrected chi connectivity index (χ2v) is 8.04. The van der Waals surface area contributed by atoms with Crippen molar-refractivity contribution in [3.8, 4) is 5.69 Å². The van der Waals surface area contributed by atoms with Crippen molar-refractivity contribution in [3.63, 3.8) is 0 Å². The number of carbonyl (C=O) groups is 1. The fourth-order valence-corrected chi connectivity index (χ4v) is 4.00. The summed E-state index contributed by atoms with van der Waals surface area (Å²) in [5.41, 5.74) is 3.62. The Balaban J connectivity index is 1.36. The third-order valence-electron chi connectivity index (χ3n) is 5.46. The van der Waals surface area contributed by atoms with E-state index in [-0.39, 0.29) is 12.0 Å². The molecule has 0 spiro atoms. The van der Waals surface area contributed by atoms with Gasteiger partial charge in [0.15, 0.2) is 4.77 Å². The number of benzene rings is 2. The number of amides is 1. The number of hydrogen-bond donors (Lipinski definition) is 3. The Hall–Kier alpha value is -2.74. The Bertz CT molecular complexity index is 1040. The molecule has 6 nitrogen and oxygen atoms in total. The summed E-state index contributed by atoms with van der Waals surface area (Å²) in [7, 11) is 0. The van der Waals surface area contributed by atoms with Gasteiger partial charge in [-0.1, -0.05) is 42.5 Å². The topological polar surface area (TPSA) is 73.3 Å². The summed E-state index contributed by atoms with van der Waals surface area (Å²) in [5, 5.41) is 12.6. The predicted molar refractivity (Wildman–Crippen MR) is 119 cm³/mol. The van der Waals surface area contributed by atoms with Crippen molar-refractivity contribution < 1.29 is 9.90 Å². The molecule has 7 heteroatoms. The van der Waals surface area contributed by atoms with E-state index in [1.54, 1.807) is 10.8 Å². The summed E-state index contributed by atoms with van der Waals surface area (Å²) < 4.78 is 2.23. The van der Waals surface area contributed by atoms with E-state index in [4.69, 9.17) is 12.2 Å². The normalized spacial score (nSPS) is 15.2. The molecular weight excluding hydrogens is 396 g/mol. The number of likely N-dealkylation sites (tertiary alicyclic amines) is 1. The second kappa shape index (κ2) is 9.38. The van der Waals surface area contributed by atoms with Crippen molar-refractivity contribution in [2.75, 3.05) is 13.1 Å². The van der Waals surface area contributed by atoms with Crippen LogP contribution in [0.15, 0.2) is 60.8 Å². The molecule has 2 aromatic carbocycles. The number of aliphatic hydroxyl groups excluding tert-OH is 1. The Morgan fingerprint density at radius 1 is 1.07 bits per heavy atom. The molecule has 2 heterocycles. The molecule has 1 saturated heterocycles. The standard InChI is InChI=1S/C23H26N4O2S/c28-20-10-12-26(13-11-20)16-18-8-6-17(7-9-18)14-24-22(29)21-15-25-23(30)27(21)19-4-2-1-3-5-19/h1-9,15,20,28H,10-14,16H2,(H,24,29)(H,25,30). The molecule has 1 aromatic heterocycles. The lowest BCUT2D eigenvalue weighted by Gasteiger charge is -2.29. The van der Waals surface area contributed by atoms with Gasteiger partial charge in [0, 0.05) is 38.1 Å². The largest absolute Gasteiger partial charge is 0.393 e. The molecule has 4 rings (SSSR count). The van der Waals surface area contributed by atoms with Crippen LogP contribution in [0.25, 0.3) is 5.69 Å². The molecule has 1 aliphatic rings. The van der Waals surface area contributed by atoms with Crippen LogP contribution in [0.5, 0.6) is 0 Å². The number of carbonyl (C=O) groups excluding carboxylic acids is 1. The maximum Gasteiger partial charge on any atom is 0.270 e. The first-order valence-electron chi connectivity index (χ1n) is 10.2. The number of nitrogens with zero attached hydrogens (tertiary/aromatic N) is 2. The quantitative estimate of drug-likeness (QED) is 0.532. The summed E-state index contributed by atoms with van der Waals surface area (Å²) >= 11 is 5.35. The minimum atomic E-state index is -0.179.